The maximum atomic E-state index is 11.2. The molecular formula is C11H22N2O. The van der Waals surface area contributed by atoms with Crippen LogP contribution < -0.4 is 10.6 Å². The highest BCUT2D eigenvalue weighted by Gasteiger charge is 2.28. The van der Waals surface area contributed by atoms with Crippen LogP contribution in [0.25, 0.3) is 0 Å². The van der Waals surface area contributed by atoms with E-state index in [0.29, 0.717) is 12.0 Å². The van der Waals surface area contributed by atoms with Gasteiger partial charge in [0.15, 0.2) is 0 Å². The first-order chi connectivity index (χ1) is 6.74. The zero-order valence-electron chi connectivity index (χ0n) is 9.31. The summed E-state index contributed by atoms with van der Waals surface area (Å²) in [4.78, 5) is 11.2. The lowest BCUT2D eigenvalue weighted by Gasteiger charge is -2.12. The van der Waals surface area contributed by atoms with E-state index in [1.807, 2.05) is 0 Å². The Morgan fingerprint density at radius 2 is 2.14 bits per heavy atom. The maximum Gasteiger partial charge on any atom is 0.223 e. The molecule has 3 nitrogen and oxygen atoms in total. The average Bonchev–Trinajstić information content (AvgIpc) is 2.95. The summed E-state index contributed by atoms with van der Waals surface area (Å²) in [6.45, 7) is 6.03. The van der Waals surface area contributed by atoms with Crippen molar-refractivity contribution in [2.24, 2.45) is 5.92 Å². The normalized spacial score (nSPS) is 17.9. The average molecular weight is 198 g/mol. The van der Waals surface area contributed by atoms with Gasteiger partial charge in [0.25, 0.3) is 0 Å². The quantitative estimate of drug-likeness (QED) is 0.605. The molecule has 0 saturated heterocycles. The summed E-state index contributed by atoms with van der Waals surface area (Å²) in [7, 11) is 0. The van der Waals surface area contributed by atoms with Gasteiger partial charge in [0.1, 0.15) is 0 Å². The van der Waals surface area contributed by atoms with E-state index in [1.165, 1.54) is 12.8 Å². The van der Waals surface area contributed by atoms with E-state index in [0.717, 1.165) is 25.9 Å². The van der Waals surface area contributed by atoms with Gasteiger partial charge in [-0.1, -0.05) is 13.3 Å². The van der Waals surface area contributed by atoms with E-state index in [4.69, 9.17) is 0 Å². The molecule has 82 valence electrons. The number of carbonyl (C=O) groups is 1. The molecule has 1 aliphatic rings. The van der Waals surface area contributed by atoms with Crippen LogP contribution in [0.2, 0.25) is 0 Å². The molecular weight excluding hydrogens is 176 g/mol. The molecule has 3 heteroatoms. The summed E-state index contributed by atoms with van der Waals surface area (Å²) < 4.78 is 0. The molecule has 0 aromatic heterocycles. The summed E-state index contributed by atoms with van der Waals surface area (Å²) >= 11 is 0. The highest BCUT2D eigenvalue weighted by atomic mass is 16.2. The summed E-state index contributed by atoms with van der Waals surface area (Å²) in [6.07, 6.45) is 4.59. The van der Waals surface area contributed by atoms with Gasteiger partial charge >= 0.3 is 0 Å². The van der Waals surface area contributed by atoms with Crippen molar-refractivity contribution in [1.82, 2.24) is 10.6 Å². The molecule has 0 aromatic carbocycles. The van der Waals surface area contributed by atoms with Crippen molar-refractivity contribution < 1.29 is 4.79 Å². The van der Waals surface area contributed by atoms with Crippen LogP contribution in [-0.4, -0.2) is 25.0 Å². The fourth-order valence-corrected chi connectivity index (χ4v) is 1.53. The van der Waals surface area contributed by atoms with E-state index in [9.17, 15) is 4.79 Å². The van der Waals surface area contributed by atoms with Gasteiger partial charge in [0, 0.05) is 25.0 Å². The Morgan fingerprint density at radius 1 is 1.43 bits per heavy atom. The standard InChI is InChI=1S/C11H22N2O/c1-3-4-9(2)12-7-8-13-11(14)10-5-6-10/h9-10,12H,3-8H2,1-2H3,(H,13,14)/t9-/m0/s1. The van der Waals surface area contributed by atoms with Crippen molar-refractivity contribution in [3.63, 3.8) is 0 Å². The lowest BCUT2D eigenvalue weighted by molar-refractivity contribution is -0.122. The smallest absolute Gasteiger partial charge is 0.223 e. The largest absolute Gasteiger partial charge is 0.355 e. The minimum atomic E-state index is 0.245. The fourth-order valence-electron chi connectivity index (χ4n) is 1.53. The van der Waals surface area contributed by atoms with Crippen LogP contribution in [0.1, 0.15) is 39.5 Å². The van der Waals surface area contributed by atoms with Crippen LogP contribution in [0.3, 0.4) is 0 Å². The van der Waals surface area contributed by atoms with Crippen molar-refractivity contribution in [3.8, 4) is 0 Å². The van der Waals surface area contributed by atoms with Gasteiger partial charge < -0.3 is 10.6 Å². The number of rotatable bonds is 7. The highest BCUT2D eigenvalue weighted by Crippen LogP contribution is 2.28. The number of carbonyl (C=O) groups excluding carboxylic acids is 1. The highest BCUT2D eigenvalue weighted by molar-refractivity contribution is 5.80. The second-order valence-electron chi connectivity index (χ2n) is 4.21. The van der Waals surface area contributed by atoms with Crippen molar-refractivity contribution in [1.29, 1.82) is 0 Å². The van der Waals surface area contributed by atoms with E-state index >= 15 is 0 Å². The molecule has 1 aliphatic carbocycles. The lowest BCUT2D eigenvalue weighted by atomic mass is 10.2. The summed E-state index contributed by atoms with van der Waals surface area (Å²) in [5, 5.41) is 6.32. The first-order valence-corrected chi connectivity index (χ1v) is 5.75. The molecule has 0 aromatic rings. The van der Waals surface area contributed by atoms with E-state index < -0.39 is 0 Å². The second kappa shape index (κ2) is 6.02. The van der Waals surface area contributed by atoms with E-state index in [2.05, 4.69) is 24.5 Å². The molecule has 0 unspecified atom stereocenters. The molecule has 1 rings (SSSR count). The molecule has 1 fully saturated rings. The van der Waals surface area contributed by atoms with Gasteiger partial charge in [-0.2, -0.15) is 0 Å². The van der Waals surface area contributed by atoms with Crippen LogP contribution in [0, 0.1) is 5.92 Å². The molecule has 1 atom stereocenters. The molecule has 2 N–H and O–H groups in total. The van der Waals surface area contributed by atoms with E-state index in [1.54, 1.807) is 0 Å². The Hall–Kier alpha value is -0.570. The fraction of sp³-hybridized carbons (Fsp3) is 0.909. The molecule has 0 radical (unpaired) electrons. The zero-order chi connectivity index (χ0) is 10.4. The van der Waals surface area contributed by atoms with Gasteiger partial charge in [-0.25, -0.2) is 0 Å². The predicted molar refractivity (Wildman–Crippen MR) is 58.1 cm³/mol. The van der Waals surface area contributed by atoms with Crippen LogP contribution in [0.15, 0.2) is 0 Å². The molecule has 0 bridgehead atoms. The minimum Gasteiger partial charge on any atom is -0.355 e. The van der Waals surface area contributed by atoms with Crippen LogP contribution in [-0.2, 0) is 4.79 Å². The Labute approximate surface area is 86.6 Å². The summed E-state index contributed by atoms with van der Waals surface area (Å²) in [6, 6.07) is 0.567. The Kier molecular flexibility index (Phi) is 4.94. The third kappa shape index (κ3) is 4.61. The molecule has 1 saturated carbocycles. The number of hydrogen-bond donors (Lipinski definition) is 2. The molecule has 0 spiro atoms. The van der Waals surface area contributed by atoms with Gasteiger partial charge in [-0.15, -0.1) is 0 Å². The van der Waals surface area contributed by atoms with Crippen molar-refractivity contribution >= 4 is 5.91 Å². The van der Waals surface area contributed by atoms with Crippen LogP contribution in [0.5, 0.6) is 0 Å². The molecule has 14 heavy (non-hydrogen) atoms. The van der Waals surface area contributed by atoms with Gasteiger partial charge in [-0.05, 0) is 26.2 Å². The third-order valence-electron chi connectivity index (χ3n) is 2.59. The number of amides is 1. The second-order valence-corrected chi connectivity index (χ2v) is 4.21. The van der Waals surface area contributed by atoms with E-state index in [-0.39, 0.29) is 5.91 Å². The van der Waals surface area contributed by atoms with Crippen molar-refractivity contribution in [3.05, 3.63) is 0 Å². The van der Waals surface area contributed by atoms with Gasteiger partial charge in [-0.3, -0.25) is 4.79 Å². The lowest BCUT2D eigenvalue weighted by Crippen LogP contribution is -2.36. The monoisotopic (exact) mass is 198 g/mol. The molecule has 0 heterocycles. The summed E-state index contributed by atoms with van der Waals surface area (Å²) in [5.74, 6) is 0.581. The topological polar surface area (TPSA) is 41.1 Å². The van der Waals surface area contributed by atoms with Crippen molar-refractivity contribution in [2.45, 2.75) is 45.6 Å². The SMILES string of the molecule is CCC[C@H](C)NCCNC(=O)C1CC1. The number of hydrogen-bond acceptors (Lipinski definition) is 2. The predicted octanol–water partition coefficient (Wildman–Crippen LogP) is 1.29. The maximum absolute atomic E-state index is 11.2. The minimum absolute atomic E-state index is 0.245. The molecule has 0 aliphatic heterocycles. The Bertz CT molecular complexity index is 178. The number of nitrogens with one attached hydrogen (secondary N) is 2. The van der Waals surface area contributed by atoms with Gasteiger partial charge in [0.2, 0.25) is 5.91 Å². The van der Waals surface area contributed by atoms with Crippen LogP contribution >= 0.6 is 0 Å². The Balaban J connectivity index is 1.90. The molecule has 1 amide bonds. The summed E-state index contributed by atoms with van der Waals surface area (Å²) in [5.41, 5.74) is 0. The first-order valence-electron chi connectivity index (χ1n) is 5.75. The van der Waals surface area contributed by atoms with Crippen LogP contribution in [0.4, 0.5) is 0 Å². The Morgan fingerprint density at radius 3 is 2.71 bits per heavy atom. The van der Waals surface area contributed by atoms with Gasteiger partial charge in [0.05, 0.1) is 0 Å². The van der Waals surface area contributed by atoms with Crippen molar-refractivity contribution in [2.75, 3.05) is 13.1 Å². The first kappa shape index (κ1) is 11.5. The third-order valence-corrected chi connectivity index (χ3v) is 2.59. The zero-order valence-corrected chi connectivity index (χ0v) is 9.31.